The average molecular weight is 651 g/mol. The van der Waals surface area contributed by atoms with Crippen LogP contribution in [-0.4, -0.2) is 50.3 Å². The molecule has 0 aromatic carbocycles. The largest absolute Gasteiger partial charge is 0.465 e. The molecule has 7 aliphatic rings. The second-order valence-corrected chi connectivity index (χ2v) is 16.7. The van der Waals surface area contributed by atoms with E-state index in [9.17, 15) is 19.2 Å². The highest BCUT2D eigenvalue weighted by Crippen LogP contribution is 2.63. The Balaban J connectivity index is 0.787. The number of esters is 4. The van der Waals surface area contributed by atoms with E-state index in [2.05, 4.69) is 13.2 Å². The number of fused-ring (bicyclic) bond motifs is 10. The molecule has 0 amide bonds. The van der Waals surface area contributed by atoms with Crippen molar-refractivity contribution in [2.24, 2.45) is 82.9 Å². The van der Waals surface area contributed by atoms with Crippen LogP contribution in [0.2, 0.25) is 0 Å². The molecule has 4 bridgehead atoms. The maximum Gasteiger partial charge on any atom is 0.333 e. The van der Waals surface area contributed by atoms with Gasteiger partial charge in [0.05, 0.1) is 38.3 Å². The molecular weight excluding hydrogens is 596 g/mol. The summed E-state index contributed by atoms with van der Waals surface area (Å²) in [7, 11) is 0. The van der Waals surface area contributed by atoms with Crippen LogP contribution < -0.4 is 0 Å². The molecule has 0 radical (unpaired) electrons. The minimum Gasteiger partial charge on any atom is -0.465 e. The average Bonchev–Trinajstić information content (AvgIpc) is 3.91. The number of carbonyl (C=O) groups is 4. The van der Waals surface area contributed by atoms with Crippen LogP contribution in [0.25, 0.3) is 0 Å². The highest BCUT2D eigenvalue weighted by molar-refractivity contribution is 5.86. The minimum atomic E-state index is -0.338. The van der Waals surface area contributed by atoms with Gasteiger partial charge in [0, 0.05) is 11.6 Å². The van der Waals surface area contributed by atoms with Crippen LogP contribution in [-0.2, 0) is 38.1 Å². The van der Waals surface area contributed by atoms with Gasteiger partial charge in [0.1, 0.15) is 0 Å². The molecule has 8 heteroatoms. The molecule has 7 rings (SSSR count). The standard InChI is InChI=1S/C39H54O8/c1-4-36(40)44-17-22-9-30-27-14-29(33(16-27)34(30)11-22)20-47-39(43)25-7-5-24(6-8-25)38(42)45-18-23-10-31-26-13-28(19-46-37(41)21(2)3)32(15-26)35(31)12-23/h4,22-35H,1-2,5-20H2,3H3/t22?,23?,24?,25?,26?,27?,28?,29?,30-,31-,32?,33?,34-,35-/m0/s1. The van der Waals surface area contributed by atoms with Crippen molar-refractivity contribution in [3.8, 4) is 0 Å². The summed E-state index contributed by atoms with van der Waals surface area (Å²) in [6.45, 7) is 10.9. The van der Waals surface area contributed by atoms with E-state index in [1.807, 2.05) is 0 Å². The first kappa shape index (κ1) is 32.9. The summed E-state index contributed by atoms with van der Waals surface area (Å²) in [4.78, 5) is 49.5. The zero-order valence-electron chi connectivity index (χ0n) is 28.2. The summed E-state index contributed by atoms with van der Waals surface area (Å²) in [5, 5.41) is 0. The van der Waals surface area contributed by atoms with E-state index in [0.29, 0.717) is 117 Å². The Hall–Kier alpha value is -2.64. The van der Waals surface area contributed by atoms with E-state index in [-0.39, 0.29) is 35.7 Å². The molecule has 0 aliphatic heterocycles. The fourth-order valence-corrected chi connectivity index (χ4v) is 12.1. The van der Waals surface area contributed by atoms with E-state index in [4.69, 9.17) is 18.9 Å². The minimum absolute atomic E-state index is 0.0865. The summed E-state index contributed by atoms with van der Waals surface area (Å²) < 4.78 is 22.7. The first-order valence-electron chi connectivity index (χ1n) is 18.6. The molecule has 0 heterocycles. The third-order valence-corrected chi connectivity index (χ3v) is 14.1. The second-order valence-electron chi connectivity index (χ2n) is 16.7. The fraction of sp³-hybridized carbons (Fsp3) is 0.795. The van der Waals surface area contributed by atoms with Gasteiger partial charge in [-0.2, -0.15) is 0 Å². The maximum absolute atomic E-state index is 13.1. The highest BCUT2D eigenvalue weighted by atomic mass is 16.5. The number of rotatable bonds is 12. The van der Waals surface area contributed by atoms with E-state index in [1.54, 1.807) is 6.92 Å². The van der Waals surface area contributed by atoms with E-state index in [1.165, 1.54) is 18.9 Å². The third-order valence-electron chi connectivity index (χ3n) is 14.1. The molecule has 7 aliphatic carbocycles. The van der Waals surface area contributed by atoms with Gasteiger partial charge in [-0.3, -0.25) is 9.59 Å². The van der Waals surface area contributed by atoms with Crippen LogP contribution in [0, 0.1) is 82.9 Å². The number of ether oxygens (including phenoxy) is 4. The lowest BCUT2D eigenvalue weighted by atomic mass is 9.76. The highest BCUT2D eigenvalue weighted by Gasteiger charge is 2.57. The van der Waals surface area contributed by atoms with Crippen molar-refractivity contribution in [1.82, 2.24) is 0 Å². The Morgan fingerprint density at radius 1 is 0.574 bits per heavy atom. The smallest absolute Gasteiger partial charge is 0.333 e. The van der Waals surface area contributed by atoms with E-state index in [0.717, 1.165) is 50.4 Å². The Morgan fingerprint density at radius 2 is 1.02 bits per heavy atom. The molecule has 7 fully saturated rings. The summed E-state index contributed by atoms with van der Waals surface area (Å²) in [6.07, 6.45) is 13.3. The van der Waals surface area contributed by atoms with Crippen LogP contribution in [0.4, 0.5) is 0 Å². The van der Waals surface area contributed by atoms with Crippen LogP contribution in [0.5, 0.6) is 0 Å². The predicted molar refractivity (Wildman–Crippen MR) is 173 cm³/mol. The lowest BCUT2D eigenvalue weighted by Gasteiger charge is -2.32. The van der Waals surface area contributed by atoms with Crippen molar-refractivity contribution >= 4 is 23.9 Å². The van der Waals surface area contributed by atoms with Crippen molar-refractivity contribution in [3.05, 3.63) is 24.8 Å². The molecule has 258 valence electrons. The molecule has 0 aromatic heterocycles. The van der Waals surface area contributed by atoms with Crippen LogP contribution >= 0.6 is 0 Å². The first-order valence-corrected chi connectivity index (χ1v) is 18.6. The Morgan fingerprint density at radius 3 is 1.51 bits per heavy atom. The molecule has 12 atom stereocenters. The van der Waals surface area contributed by atoms with Gasteiger partial charge in [0.2, 0.25) is 0 Å². The zero-order valence-corrected chi connectivity index (χ0v) is 28.2. The Kier molecular flexibility index (Phi) is 9.59. The predicted octanol–water partition coefficient (Wildman–Crippen LogP) is 6.32. The molecule has 0 N–H and O–H groups in total. The topological polar surface area (TPSA) is 105 Å². The van der Waals surface area contributed by atoms with Gasteiger partial charge in [-0.1, -0.05) is 13.2 Å². The van der Waals surface area contributed by atoms with Gasteiger partial charge in [-0.25, -0.2) is 9.59 Å². The lowest BCUT2D eigenvalue weighted by Crippen LogP contribution is -2.32. The van der Waals surface area contributed by atoms with E-state index >= 15 is 0 Å². The fourth-order valence-electron chi connectivity index (χ4n) is 12.1. The summed E-state index contributed by atoms with van der Waals surface area (Å²) >= 11 is 0. The SMILES string of the molecule is C=CC(=O)OCC1C[C@@H]2C3CC(CC3COC(=O)C3CCC(C(=O)OCC4C[C@@H]5C6CC(CC6COC(=O)C(=C)C)[C@@H]5C4)CC3)[C@@H]2C1. The van der Waals surface area contributed by atoms with Crippen LogP contribution in [0.15, 0.2) is 24.8 Å². The van der Waals surface area contributed by atoms with Gasteiger partial charge in [-0.15, -0.1) is 0 Å². The molecule has 7 saturated carbocycles. The third kappa shape index (κ3) is 6.68. The van der Waals surface area contributed by atoms with Gasteiger partial charge in [-0.05, 0) is 155 Å². The van der Waals surface area contributed by atoms with E-state index < -0.39 is 0 Å². The van der Waals surface area contributed by atoms with Crippen molar-refractivity contribution in [2.45, 2.75) is 84.0 Å². The van der Waals surface area contributed by atoms with Gasteiger partial charge in [0.25, 0.3) is 0 Å². The second kappa shape index (κ2) is 13.7. The molecule has 0 aromatic rings. The molecule has 8 nitrogen and oxygen atoms in total. The number of hydrogen-bond acceptors (Lipinski definition) is 8. The maximum atomic E-state index is 13.1. The summed E-state index contributed by atoms with van der Waals surface area (Å²) in [6, 6.07) is 0. The van der Waals surface area contributed by atoms with Crippen molar-refractivity contribution < 1.29 is 38.1 Å². The zero-order chi connectivity index (χ0) is 32.8. The number of hydrogen-bond donors (Lipinski definition) is 0. The van der Waals surface area contributed by atoms with Crippen LogP contribution in [0.1, 0.15) is 84.0 Å². The normalized spacial score (nSPS) is 42.4. The van der Waals surface area contributed by atoms with Gasteiger partial charge in [0.15, 0.2) is 0 Å². The first-order chi connectivity index (χ1) is 22.7. The van der Waals surface area contributed by atoms with Crippen LogP contribution in [0.3, 0.4) is 0 Å². The molecule has 8 unspecified atom stereocenters. The monoisotopic (exact) mass is 650 g/mol. The summed E-state index contributed by atoms with van der Waals surface area (Å²) in [5.41, 5.74) is 0.456. The molecule has 47 heavy (non-hydrogen) atoms. The van der Waals surface area contributed by atoms with Crippen molar-refractivity contribution in [3.63, 3.8) is 0 Å². The Bertz CT molecular complexity index is 1250. The molecular formula is C39H54O8. The molecule has 0 saturated heterocycles. The van der Waals surface area contributed by atoms with Crippen molar-refractivity contribution in [2.75, 3.05) is 26.4 Å². The van der Waals surface area contributed by atoms with Gasteiger partial charge >= 0.3 is 23.9 Å². The number of carbonyl (C=O) groups excluding carboxylic acids is 4. The lowest BCUT2D eigenvalue weighted by molar-refractivity contribution is -0.157. The molecule has 0 spiro atoms. The van der Waals surface area contributed by atoms with Gasteiger partial charge < -0.3 is 18.9 Å². The quantitative estimate of drug-likeness (QED) is 0.137. The summed E-state index contributed by atoms with van der Waals surface area (Å²) in [5.74, 6) is 6.18. The Labute approximate surface area is 279 Å². The van der Waals surface area contributed by atoms with Crippen molar-refractivity contribution in [1.29, 1.82) is 0 Å².